The monoisotopic (exact) mass is 298 g/mol. The predicted molar refractivity (Wildman–Crippen MR) is 72.1 cm³/mol. The van der Waals surface area contributed by atoms with E-state index in [9.17, 15) is 4.79 Å². The normalized spacial score (nSPS) is 10.2. The van der Waals surface area contributed by atoms with Gasteiger partial charge in [0.2, 0.25) is 5.88 Å². The number of halogens is 2. The third kappa shape index (κ3) is 2.89. The van der Waals surface area contributed by atoms with Crippen LogP contribution >= 0.6 is 23.2 Å². The second kappa shape index (κ2) is 5.34. The Labute approximate surface area is 118 Å². The van der Waals surface area contributed by atoms with E-state index in [1.807, 2.05) is 0 Å². The summed E-state index contributed by atoms with van der Waals surface area (Å²) >= 11 is 11.7. The average molecular weight is 299 g/mol. The minimum absolute atomic E-state index is 0.0240. The first-order valence-electron chi connectivity index (χ1n) is 5.09. The van der Waals surface area contributed by atoms with Gasteiger partial charge in [-0.15, -0.1) is 0 Å². The van der Waals surface area contributed by atoms with Gasteiger partial charge in [0.05, 0.1) is 10.6 Å². The number of pyridine rings is 1. The van der Waals surface area contributed by atoms with Gasteiger partial charge in [-0.05, 0) is 24.3 Å². The van der Waals surface area contributed by atoms with E-state index < -0.39 is 5.97 Å². The summed E-state index contributed by atoms with van der Waals surface area (Å²) in [6, 6.07) is 5.91. The molecule has 0 saturated carbocycles. The van der Waals surface area contributed by atoms with Gasteiger partial charge in [0.15, 0.2) is 0 Å². The fourth-order valence-electron chi connectivity index (χ4n) is 1.38. The Morgan fingerprint density at radius 1 is 1.32 bits per heavy atom. The number of ether oxygens (including phenoxy) is 1. The first kappa shape index (κ1) is 13.5. The van der Waals surface area contributed by atoms with Crippen LogP contribution in [0.15, 0.2) is 30.5 Å². The van der Waals surface area contributed by atoms with E-state index in [-0.39, 0.29) is 27.9 Å². The van der Waals surface area contributed by atoms with Gasteiger partial charge in [-0.1, -0.05) is 23.2 Å². The largest absolute Gasteiger partial charge is 0.478 e. The summed E-state index contributed by atoms with van der Waals surface area (Å²) in [6.07, 6.45) is 1.29. The number of hydrogen-bond donors (Lipinski definition) is 2. The maximum absolute atomic E-state index is 10.9. The lowest BCUT2D eigenvalue weighted by atomic mass is 10.2. The molecule has 2 rings (SSSR count). The molecule has 0 atom stereocenters. The van der Waals surface area contributed by atoms with Crippen molar-refractivity contribution in [3.05, 3.63) is 46.1 Å². The Kier molecular flexibility index (Phi) is 3.78. The first-order valence-corrected chi connectivity index (χ1v) is 5.85. The van der Waals surface area contributed by atoms with Crippen LogP contribution in [-0.4, -0.2) is 16.1 Å². The number of benzene rings is 1. The second-order valence-corrected chi connectivity index (χ2v) is 4.40. The third-order valence-electron chi connectivity index (χ3n) is 2.28. The lowest BCUT2D eigenvalue weighted by Gasteiger charge is -2.10. The molecule has 0 aliphatic carbocycles. The molecule has 0 saturated heterocycles. The summed E-state index contributed by atoms with van der Waals surface area (Å²) in [4.78, 5) is 14.8. The highest BCUT2D eigenvalue weighted by Crippen LogP contribution is 2.33. The SMILES string of the molecule is Nc1c(C(=O)O)ccnc1Oc1ccc(Cl)cc1Cl. The molecule has 5 nitrogen and oxygen atoms in total. The van der Waals surface area contributed by atoms with E-state index in [1.54, 1.807) is 12.1 Å². The van der Waals surface area contributed by atoms with Gasteiger partial charge in [0.1, 0.15) is 11.4 Å². The zero-order valence-corrected chi connectivity index (χ0v) is 10.9. The number of nitrogens with zero attached hydrogens (tertiary/aromatic N) is 1. The van der Waals surface area contributed by atoms with Crippen LogP contribution in [0.2, 0.25) is 10.0 Å². The molecule has 7 heteroatoms. The van der Waals surface area contributed by atoms with Crippen LogP contribution in [0.1, 0.15) is 10.4 Å². The van der Waals surface area contributed by atoms with E-state index in [0.717, 1.165) is 0 Å². The van der Waals surface area contributed by atoms with Gasteiger partial charge in [-0.3, -0.25) is 0 Å². The van der Waals surface area contributed by atoms with Gasteiger partial charge in [-0.2, -0.15) is 0 Å². The minimum atomic E-state index is -1.16. The van der Waals surface area contributed by atoms with Crippen LogP contribution in [0.5, 0.6) is 11.6 Å². The van der Waals surface area contributed by atoms with Crippen molar-refractivity contribution in [2.75, 3.05) is 5.73 Å². The standard InChI is InChI=1S/C12H8Cl2N2O3/c13-6-1-2-9(8(14)5-6)19-11-10(15)7(12(17)18)3-4-16-11/h1-5H,15H2,(H,17,18). The molecule has 0 spiro atoms. The molecule has 0 fully saturated rings. The van der Waals surface area contributed by atoms with Crippen LogP contribution in [0.4, 0.5) is 5.69 Å². The van der Waals surface area contributed by atoms with Crippen LogP contribution < -0.4 is 10.5 Å². The van der Waals surface area contributed by atoms with Gasteiger partial charge >= 0.3 is 5.97 Å². The molecule has 3 N–H and O–H groups in total. The number of carbonyl (C=O) groups is 1. The highest BCUT2D eigenvalue weighted by molar-refractivity contribution is 6.35. The van der Waals surface area contributed by atoms with E-state index in [2.05, 4.69) is 4.98 Å². The summed E-state index contributed by atoms with van der Waals surface area (Å²) in [6.45, 7) is 0. The van der Waals surface area contributed by atoms with Crippen LogP contribution in [0, 0.1) is 0 Å². The highest BCUT2D eigenvalue weighted by Gasteiger charge is 2.15. The first-order chi connectivity index (χ1) is 8.99. The Morgan fingerprint density at radius 2 is 2.05 bits per heavy atom. The van der Waals surface area contributed by atoms with Crippen molar-refractivity contribution >= 4 is 34.9 Å². The van der Waals surface area contributed by atoms with Crippen LogP contribution in [-0.2, 0) is 0 Å². The molecule has 0 bridgehead atoms. The fraction of sp³-hybridized carbons (Fsp3) is 0. The molecule has 1 aromatic carbocycles. The number of rotatable bonds is 3. The minimum Gasteiger partial charge on any atom is -0.478 e. The van der Waals surface area contributed by atoms with Gasteiger partial charge < -0.3 is 15.6 Å². The molecule has 0 radical (unpaired) electrons. The van der Waals surface area contributed by atoms with Crippen LogP contribution in [0.3, 0.4) is 0 Å². The predicted octanol–water partition coefficient (Wildman–Crippen LogP) is 3.46. The van der Waals surface area contributed by atoms with Crippen molar-refractivity contribution in [3.63, 3.8) is 0 Å². The smallest absolute Gasteiger partial charge is 0.338 e. The Morgan fingerprint density at radius 3 is 2.68 bits per heavy atom. The quantitative estimate of drug-likeness (QED) is 0.906. The molecule has 0 aliphatic heterocycles. The summed E-state index contributed by atoms with van der Waals surface area (Å²) in [7, 11) is 0. The molecule has 1 aromatic heterocycles. The molecule has 0 unspecified atom stereocenters. The average Bonchev–Trinajstić information content (AvgIpc) is 2.34. The molecular formula is C12H8Cl2N2O3. The van der Waals surface area contributed by atoms with E-state index >= 15 is 0 Å². The Hall–Kier alpha value is -1.98. The van der Waals surface area contributed by atoms with Crippen molar-refractivity contribution in [1.29, 1.82) is 0 Å². The zero-order valence-electron chi connectivity index (χ0n) is 9.43. The molecule has 1 heterocycles. The van der Waals surface area contributed by atoms with Crippen molar-refractivity contribution < 1.29 is 14.6 Å². The molecule has 0 aliphatic rings. The van der Waals surface area contributed by atoms with Gasteiger partial charge in [0, 0.05) is 11.2 Å². The number of hydrogen-bond acceptors (Lipinski definition) is 4. The topological polar surface area (TPSA) is 85.4 Å². The second-order valence-electron chi connectivity index (χ2n) is 3.56. The summed E-state index contributed by atoms with van der Waals surface area (Å²) in [5, 5.41) is 9.67. The Balaban J connectivity index is 2.38. The van der Waals surface area contributed by atoms with E-state index in [1.165, 1.54) is 18.3 Å². The van der Waals surface area contributed by atoms with Crippen LogP contribution in [0.25, 0.3) is 0 Å². The molecule has 98 valence electrons. The number of carboxylic acids is 1. The fourth-order valence-corrected chi connectivity index (χ4v) is 1.83. The number of aromatic carboxylic acids is 1. The van der Waals surface area contributed by atoms with Crippen molar-refractivity contribution in [2.24, 2.45) is 0 Å². The van der Waals surface area contributed by atoms with E-state index in [0.29, 0.717) is 5.02 Å². The zero-order chi connectivity index (χ0) is 14.0. The number of nitrogen functional groups attached to an aromatic ring is 1. The number of nitrogens with two attached hydrogens (primary N) is 1. The van der Waals surface area contributed by atoms with Crippen molar-refractivity contribution in [1.82, 2.24) is 4.98 Å². The van der Waals surface area contributed by atoms with Crippen molar-refractivity contribution in [3.8, 4) is 11.6 Å². The lowest BCUT2D eigenvalue weighted by Crippen LogP contribution is -2.05. The molecular weight excluding hydrogens is 291 g/mol. The summed E-state index contributed by atoms with van der Waals surface area (Å²) in [5.41, 5.74) is 5.52. The summed E-state index contributed by atoms with van der Waals surface area (Å²) < 4.78 is 5.40. The molecule has 19 heavy (non-hydrogen) atoms. The number of anilines is 1. The number of aromatic nitrogens is 1. The third-order valence-corrected chi connectivity index (χ3v) is 2.82. The van der Waals surface area contributed by atoms with Gasteiger partial charge in [0.25, 0.3) is 0 Å². The lowest BCUT2D eigenvalue weighted by molar-refractivity contribution is 0.0697. The Bertz CT molecular complexity index is 647. The maximum Gasteiger partial charge on any atom is 0.338 e. The maximum atomic E-state index is 10.9. The highest BCUT2D eigenvalue weighted by atomic mass is 35.5. The summed E-state index contributed by atoms with van der Waals surface area (Å²) in [5.74, 6) is -0.899. The van der Waals surface area contributed by atoms with Gasteiger partial charge in [-0.25, -0.2) is 9.78 Å². The molecule has 2 aromatic rings. The van der Waals surface area contributed by atoms with E-state index in [4.69, 9.17) is 38.8 Å². The van der Waals surface area contributed by atoms with Crippen molar-refractivity contribution in [2.45, 2.75) is 0 Å². The number of carboxylic acid groups (broad SMARTS) is 1. The molecule has 0 amide bonds.